The maximum atomic E-state index is 12.9. The van der Waals surface area contributed by atoms with Gasteiger partial charge in [-0.15, -0.1) is 11.3 Å². The molecule has 0 aromatic carbocycles. The van der Waals surface area contributed by atoms with Gasteiger partial charge in [-0.3, -0.25) is 9.48 Å². The number of carbonyl (C=O) groups excluding carboxylic acids is 2. The average Bonchev–Trinajstić information content (AvgIpc) is 3.28. The van der Waals surface area contributed by atoms with Gasteiger partial charge in [-0.05, 0) is 33.3 Å². The van der Waals surface area contributed by atoms with Gasteiger partial charge in [0.25, 0.3) is 5.91 Å². The third-order valence-electron chi connectivity index (χ3n) is 4.21. The monoisotopic (exact) mass is 422 g/mol. The number of halogens is 1. The van der Waals surface area contributed by atoms with Crippen molar-refractivity contribution in [3.05, 3.63) is 50.4 Å². The molecule has 0 unspecified atom stereocenters. The number of anilines is 1. The fourth-order valence-corrected chi connectivity index (χ4v) is 3.87. The first-order chi connectivity index (χ1) is 13.3. The van der Waals surface area contributed by atoms with Gasteiger partial charge in [0.2, 0.25) is 0 Å². The lowest BCUT2D eigenvalue weighted by molar-refractivity contribution is 0.0527. The number of aromatic nitrogens is 3. The Kier molecular flexibility index (Phi) is 5.85. The predicted octanol–water partition coefficient (Wildman–Crippen LogP) is 3.99. The van der Waals surface area contributed by atoms with Crippen LogP contribution in [0.15, 0.2) is 16.9 Å². The van der Waals surface area contributed by atoms with Crippen LogP contribution < -0.4 is 5.32 Å². The molecule has 3 aromatic heterocycles. The standard InChI is InChI=1S/C18H19ClN4O4S/c1-5-26-18(25)14-9(2)11(4)28-17(14)21-16(24)15-13(10(3)27-22-15)8-23-7-12(19)6-20-23/h6-7H,5,8H2,1-4H3,(H,21,24). The molecule has 148 valence electrons. The van der Waals surface area contributed by atoms with Crippen molar-refractivity contribution in [3.8, 4) is 0 Å². The first-order valence-electron chi connectivity index (χ1n) is 8.53. The maximum absolute atomic E-state index is 12.9. The van der Waals surface area contributed by atoms with Crippen LogP contribution in [-0.2, 0) is 11.3 Å². The van der Waals surface area contributed by atoms with Crippen molar-refractivity contribution < 1.29 is 18.8 Å². The molecule has 1 amide bonds. The summed E-state index contributed by atoms with van der Waals surface area (Å²) in [4.78, 5) is 26.1. The van der Waals surface area contributed by atoms with E-state index in [4.69, 9.17) is 20.9 Å². The van der Waals surface area contributed by atoms with Crippen molar-refractivity contribution in [2.24, 2.45) is 0 Å². The zero-order chi connectivity index (χ0) is 20.4. The molecule has 3 rings (SSSR count). The molecule has 0 aliphatic carbocycles. The molecule has 1 N–H and O–H groups in total. The molecule has 3 heterocycles. The minimum Gasteiger partial charge on any atom is -0.462 e. The number of amides is 1. The molecule has 0 fully saturated rings. The van der Waals surface area contributed by atoms with E-state index in [0.29, 0.717) is 26.9 Å². The van der Waals surface area contributed by atoms with E-state index in [1.54, 1.807) is 24.7 Å². The molecule has 0 saturated carbocycles. The molecule has 0 saturated heterocycles. The first kappa shape index (κ1) is 20.1. The Hall–Kier alpha value is -2.65. The molecule has 10 heteroatoms. The zero-order valence-corrected chi connectivity index (χ0v) is 17.4. The van der Waals surface area contributed by atoms with Gasteiger partial charge in [0.1, 0.15) is 10.8 Å². The fraction of sp³-hybridized carbons (Fsp3) is 0.333. The number of rotatable bonds is 6. The second-order valence-corrected chi connectivity index (χ2v) is 7.75. The SMILES string of the molecule is CCOC(=O)c1c(NC(=O)c2noc(C)c2Cn2cc(Cl)cn2)sc(C)c1C. The molecular weight excluding hydrogens is 404 g/mol. The molecule has 0 aliphatic heterocycles. The van der Waals surface area contributed by atoms with Crippen LogP contribution in [0.1, 0.15) is 49.5 Å². The number of thiophene rings is 1. The highest BCUT2D eigenvalue weighted by Gasteiger charge is 2.26. The van der Waals surface area contributed by atoms with Gasteiger partial charge in [-0.2, -0.15) is 5.10 Å². The van der Waals surface area contributed by atoms with Crippen molar-refractivity contribution in [2.45, 2.75) is 34.2 Å². The van der Waals surface area contributed by atoms with Crippen LogP contribution in [0.5, 0.6) is 0 Å². The summed E-state index contributed by atoms with van der Waals surface area (Å²) in [6, 6.07) is 0. The maximum Gasteiger partial charge on any atom is 0.341 e. The van der Waals surface area contributed by atoms with Gasteiger partial charge in [0.15, 0.2) is 5.69 Å². The number of carbonyl (C=O) groups is 2. The number of nitrogens with zero attached hydrogens (tertiary/aromatic N) is 3. The largest absolute Gasteiger partial charge is 0.462 e. The Bertz CT molecular complexity index is 1040. The van der Waals surface area contributed by atoms with E-state index in [2.05, 4.69) is 15.6 Å². The molecule has 0 radical (unpaired) electrons. The second kappa shape index (κ2) is 8.15. The summed E-state index contributed by atoms with van der Waals surface area (Å²) in [6.45, 7) is 7.68. The van der Waals surface area contributed by atoms with Gasteiger partial charge in [0, 0.05) is 16.6 Å². The Balaban J connectivity index is 1.89. The smallest absolute Gasteiger partial charge is 0.341 e. The lowest BCUT2D eigenvalue weighted by Crippen LogP contribution is -2.17. The van der Waals surface area contributed by atoms with E-state index in [9.17, 15) is 9.59 Å². The topological polar surface area (TPSA) is 99.2 Å². The molecule has 28 heavy (non-hydrogen) atoms. The minimum absolute atomic E-state index is 0.127. The summed E-state index contributed by atoms with van der Waals surface area (Å²) in [5, 5.41) is 11.7. The molecule has 0 bridgehead atoms. The summed E-state index contributed by atoms with van der Waals surface area (Å²) < 4.78 is 11.9. The summed E-state index contributed by atoms with van der Waals surface area (Å²) in [5.41, 5.74) is 1.85. The van der Waals surface area contributed by atoms with Crippen LogP contribution in [0.4, 0.5) is 5.00 Å². The first-order valence-corrected chi connectivity index (χ1v) is 9.72. The van der Waals surface area contributed by atoms with E-state index in [0.717, 1.165) is 10.4 Å². The Labute approximate surface area is 170 Å². The number of esters is 1. The molecule has 0 atom stereocenters. The van der Waals surface area contributed by atoms with Gasteiger partial charge < -0.3 is 14.6 Å². The molecule has 3 aromatic rings. The normalized spacial score (nSPS) is 10.9. The van der Waals surface area contributed by atoms with E-state index >= 15 is 0 Å². The van der Waals surface area contributed by atoms with Crippen molar-refractivity contribution in [1.82, 2.24) is 14.9 Å². The van der Waals surface area contributed by atoms with E-state index in [1.165, 1.54) is 17.5 Å². The number of hydrogen-bond donors (Lipinski definition) is 1. The summed E-state index contributed by atoms with van der Waals surface area (Å²) in [7, 11) is 0. The van der Waals surface area contributed by atoms with Crippen LogP contribution in [0.3, 0.4) is 0 Å². The quantitative estimate of drug-likeness (QED) is 0.603. The van der Waals surface area contributed by atoms with E-state index in [1.807, 2.05) is 13.8 Å². The van der Waals surface area contributed by atoms with Gasteiger partial charge >= 0.3 is 5.97 Å². The highest BCUT2D eigenvalue weighted by molar-refractivity contribution is 7.16. The third-order valence-corrected chi connectivity index (χ3v) is 5.53. The van der Waals surface area contributed by atoms with Gasteiger partial charge in [-0.25, -0.2) is 4.79 Å². The summed E-state index contributed by atoms with van der Waals surface area (Å²) >= 11 is 7.21. The van der Waals surface area contributed by atoms with Crippen LogP contribution >= 0.6 is 22.9 Å². The van der Waals surface area contributed by atoms with Gasteiger partial charge in [-0.1, -0.05) is 16.8 Å². The van der Waals surface area contributed by atoms with Crippen LogP contribution in [0.25, 0.3) is 0 Å². The van der Waals surface area contributed by atoms with Crippen molar-refractivity contribution in [2.75, 3.05) is 11.9 Å². The molecule has 0 spiro atoms. The zero-order valence-electron chi connectivity index (χ0n) is 15.8. The second-order valence-electron chi connectivity index (χ2n) is 6.08. The molecule has 8 nitrogen and oxygen atoms in total. The van der Waals surface area contributed by atoms with Crippen LogP contribution in [0, 0.1) is 20.8 Å². The third kappa shape index (κ3) is 3.95. The van der Waals surface area contributed by atoms with E-state index < -0.39 is 11.9 Å². The predicted molar refractivity (Wildman–Crippen MR) is 105 cm³/mol. The fourth-order valence-electron chi connectivity index (χ4n) is 2.67. The van der Waals surface area contributed by atoms with Crippen LogP contribution in [-0.4, -0.2) is 33.4 Å². The Morgan fingerprint density at radius 1 is 1.36 bits per heavy atom. The van der Waals surface area contributed by atoms with Crippen molar-refractivity contribution in [1.29, 1.82) is 0 Å². The number of ether oxygens (including phenoxy) is 1. The number of aryl methyl sites for hydroxylation is 2. The lowest BCUT2D eigenvalue weighted by atomic mass is 10.1. The summed E-state index contributed by atoms with van der Waals surface area (Å²) in [6.07, 6.45) is 3.15. The van der Waals surface area contributed by atoms with E-state index in [-0.39, 0.29) is 18.8 Å². The minimum atomic E-state index is -0.475. The lowest BCUT2D eigenvalue weighted by Gasteiger charge is -2.07. The van der Waals surface area contributed by atoms with Crippen LogP contribution in [0.2, 0.25) is 5.02 Å². The number of nitrogens with one attached hydrogen (secondary N) is 1. The highest BCUT2D eigenvalue weighted by Crippen LogP contribution is 2.33. The number of hydrogen-bond acceptors (Lipinski definition) is 7. The van der Waals surface area contributed by atoms with Crippen molar-refractivity contribution in [3.63, 3.8) is 0 Å². The van der Waals surface area contributed by atoms with Gasteiger partial charge in [0.05, 0.1) is 29.9 Å². The van der Waals surface area contributed by atoms with Crippen molar-refractivity contribution >= 4 is 39.8 Å². The average molecular weight is 423 g/mol. The Morgan fingerprint density at radius 2 is 2.11 bits per heavy atom. The molecular formula is C18H19ClN4O4S. The highest BCUT2D eigenvalue weighted by atomic mass is 35.5. The summed E-state index contributed by atoms with van der Waals surface area (Å²) in [5.74, 6) is -0.444. The molecule has 0 aliphatic rings. The Morgan fingerprint density at radius 3 is 2.75 bits per heavy atom.